The molecule has 1 amide bonds. The number of halogens is 1. The molecule has 2 aromatic rings. The minimum Gasteiger partial charge on any atom is -0.507 e. The molecule has 0 radical (unpaired) electrons. The van der Waals surface area contributed by atoms with Crippen molar-refractivity contribution in [2.24, 2.45) is 0 Å². The third-order valence-corrected chi connectivity index (χ3v) is 5.31. The summed E-state index contributed by atoms with van der Waals surface area (Å²) in [5, 5.41) is 11.5. The second-order valence-corrected chi connectivity index (χ2v) is 8.00. The van der Waals surface area contributed by atoms with E-state index < -0.39 is 17.7 Å². The van der Waals surface area contributed by atoms with Gasteiger partial charge in [-0.2, -0.15) is 0 Å². The van der Waals surface area contributed by atoms with Gasteiger partial charge in [-0.15, -0.1) is 0 Å². The van der Waals surface area contributed by atoms with Gasteiger partial charge < -0.3 is 14.9 Å². The van der Waals surface area contributed by atoms with Crippen LogP contribution in [0.3, 0.4) is 0 Å². The van der Waals surface area contributed by atoms with Crippen molar-refractivity contribution in [2.45, 2.75) is 19.4 Å². The fourth-order valence-corrected chi connectivity index (χ4v) is 3.65. The number of benzene rings is 2. The van der Waals surface area contributed by atoms with Gasteiger partial charge in [-0.25, -0.2) is 0 Å². The van der Waals surface area contributed by atoms with Crippen LogP contribution in [0.2, 0.25) is 5.02 Å². The van der Waals surface area contributed by atoms with Gasteiger partial charge in [0, 0.05) is 17.1 Å². The highest BCUT2D eigenvalue weighted by molar-refractivity contribution is 6.46. The van der Waals surface area contributed by atoms with Crippen LogP contribution >= 0.6 is 11.6 Å². The lowest BCUT2D eigenvalue weighted by atomic mass is 9.95. The number of carbonyl (C=O) groups excluding carboxylic acids is 2. The van der Waals surface area contributed by atoms with E-state index in [0.717, 1.165) is 17.7 Å². The summed E-state index contributed by atoms with van der Waals surface area (Å²) in [6.45, 7) is 3.15. The third kappa shape index (κ3) is 4.52. The zero-order valence-electron chi connectivity index (χ0n) is 16.9. The van der Waals surface area contributed by atoms with Crippen molar-refractivity contribution in [1.29, 1.82) is 0 Å². The summed E-state index contributed by atoms with van der Waals surface area (Å²) < 4.78 is 0. The quantitative estimate of drug-likeness (QED) is 0.442. The first kappa shape index (κ1) is 21.1. The number of amides is 1. The van der Waals surface area contributed by atoms with Crippen LogP contribution in [-0.4, -0.2) is 53.8 Å². The normalized spacial score (nSPS) is 18.7. The van der Waals surface area contributed by atoms with E-state index in [-0.39, 0.29) is 11.3 Å². The molecule has 0 aromatic heterocycles. The molecule has 5 nitrogen and oxygen atoms in total. The molecule has 0 bridgehead atoms. The molecular formula is C23H25ClN2O3. The van der Waals surface area contributed by atoms with Crippen molar-refractivity contribution in [3.8, 4) is 0 Å². The van der Waals surface area contributed by atoms with E-state index in [1.54, 1.807) is 41.3 Å². The average Bonchev–Trinajstić information content (AvgIpc) is 2.93. The summed E-state index contributed by atoms with van der Waals surface area (Å²) in [5.74, 6) is -1.40. The van der Waals surface area contributed by atoms with Crippen LogP contribution in [0.15, 0.2) is 54.1 Å². The highest BCUT2D eigenvalue weighted by Gasteiger charge is 2.45. The largest absolute Gasteiger partial charge is 0.507 e. The number of likely N-dealkylation sites (tertiary alicyclic amines) is 1. The molecule has 0 unspecified atom stereocenters. The summed E-state index contributed by atoms with van der Waals surface area (Å²) in [6, 6.07) is 13.6. The molecule has 0 spiro atoms. The zero-order valence-corrected chi connectivity index (χ0v) is 17.6. The maximum absolute atomic E-state index is 12.9. The summed E-state index contributed by atoms with van der Waals surface area (Å²) in [6.07, 6.45) is 0.717. The van der Waals surface area contributed by atoms with Gasteiger partial charge >= 0.3 is 0 Å². The molecule has 29 heavy (non-hydrogen) atoms. The fourth-order valence-electron chi connectivity index (χ4n) is 3.53. The van der Waals surface area contributed by atoms with Crippen LogP contribution in [0.4, 0.5) is 0 Å². The number of carbonyl (C=O) groups is 2. The molecule has 0 aliphatic carbocycles. The van der Waals surface area contributed by atoms with Crippen LogP contribution in [-0.2, 0) is 9.59 Å². The Morgan fingerprint density at radius 3 is 2.28 bits per heavy atom. The number of ketones is 1. The Balaban J connectivity index is 2.07. The first-order valence-corrected chi connectivity index (χ1v) is 9.93. The Labute approximate surface area is 176 Å². The van der Waals surface area contributed by atoms with Gasteiger partial charge in [-0.1, -0.05) is 53.6 Å². The van der Waals surface area contributed by atoms with E-state index in [2.05, 4.69) is 0 Å². The highest BCUT2D eigenvalue weighted by atomic mass is 35.5. The fraction of sp³-hybridized carbons (Fsp3) is 0.304. The number of rotatable bonds is 6. The van der Waals surface area contributed by atoms with Gasteiger partial charge in [0.15, 0.2) is 0 Å². The van der Waals surface area contributed by atoms with Crippen LogP contribution in [0, 0.1) is 6.92 Å². The number of hydrogen-bond acceptors (Lipinski definition) is 4. The Kier molecular flexibility index (Phi) is 6.40. The number of hydrogen-bond donors (Lipinski definition) is 1. The van der Waals surface area contributed by atoms with Crippen LogP contribution in [0.1, 0.15) is 29.2 Å². The maximum atomic E-state index is 12.9. The van der Waals surface area contributed by atoms with Crippen LogP contribution in [0.25, 0.3) is 5.76 Å². The van der Waals surface area contributed by atoms with E-state index in [0.29, 0.717) is 23.6 Å². The van der Waals surface area contributed by atoms with Gasteiger partial charge in [0.25, 0.3) is 11.7 Å². The molecule has 1 aliphatic heterocycles. The lowest BCUT2D eigenvalue weighted by Gasteiger charge is -2.26. The Hall–Kier alpha value is -2.63. The number of aryl methyl sites for hydroxylation is 1. The summed E-state index contributed by atoms with van der Waals surface area (Å²) >= 11 is 6.03. The summed E-state index contributed by atoms with van der Waals surface area (Å²) in [7, 11) is 3.92. The highest BCUT2D eigenvalue weighted by Crippen LogP contribution is 2.39. The van der Waals surface area contributed by atoms with Gasteiger partial charge in [0.2, 0.25) is 0 Å². The van der Waals surface area contributed by atoms with E-state index >= 15 is 0 Å². The molecule has 1 fully saturated rings. The second kappa shape index (κ2) is 8.80. The molecule has 1 N–H and O–H groups in total. The predicted molar refractivity (Wildman–Crippen MR) is 115 cm³/mol. The van der Waals surface area contributed by atoms with Gasteiger partial charge in [0.05, 0.1) is 11.6 Å². The molecule has 1 heterocycles. The average molecular weight is 413 g/mol. The molecule has 2 aromatic carbocycles. The van der Waals surface area contributed by atoms with Crippen molar-refractivity contribution in [3.05, 3.63) is 75.8 Å². The minimum atomic E-state index is -0.659. The topological polar surface area (TPSA) is 60.9 Å². The lowest BCUT2D eigenvalue weighted by Crippen LogP contribution is -2.32. The van der Waals surface area contributed by atoms with Crippen molar-refractivity contribution in [1.82, 2.24) is 9.80 Å². The first-order chi connectivity index (χ1) is 13.8. The molecular weight excluding hydrogens is 388 g/mol. The Bertz CT molecular complexity index is 934. The van der Waals surface area contributed by atoms with Crippen LogP contribution in [0.5, 0.6) is 0 Å². The minimum absolute atomic E-state index is 0.117. The SMILES string of the molecule is Cc1ccc(/C(O)=C2\C(=O)C(=O)N(CCCN(C)C)[C@H]2c2ccc(Cl)cc2)cc1. The van der Waals surface area contributed by atoms with Crippen molar-refractivity contribution >= 4 is 29.1 Å². The molecule has 152 valence electrons. The molecule has 0 saturated carbocycles. The Morgan fingerprint density at radius 2 is 1.69 bits per heavy atom. The number of Topliss-reactive ketones (excluding diaryl/α,β-unsaturated/α-hetero) is 1. The smallest absolute Gasteiger partial charge is 0.295 e. The first-order valence-electron chi connectivity index (χ1n) is 9.55. The molecule has 1 saturated heterocycles. The monoisotopic (exact) mass is 412 g/mol. The van der Waals surface area contributed by atoms with Crippen molar-refractivity contribution in [2.75, 3.05) is 27.2 Å². The number of nitrogens with zero attached hydrogens (tertiary/aromatic N) is 2. The van der Waals surface area contributed by atoms with E-state index in [4.69, 9.17) is 11.6 Å². The van der Waals surface area contributed by atoms with Gasteiger partial charge in [0.1, 0.15) is 5.76 Å². The standard InChI is InChI=1S/C23H25ClN2O3/c1-15-5-7-17(8-6-15)21(27)19-20(16-9-11-18(24)12-10-16)26(23(29)22(19)28)14-4-13-25(2)3/h5-12,20,27H,4,13-14H2,1-3H3/b21-19+/t20-/m0/s1. The predicted octanol–water partition coefficient (Wildman–Crippen LogP) is 4.02. The van der Waals surface area contributed by atoms with Crippen molar-refractivity contribution in [3.63, 3.8) is 0 Å². The van der Waals surface area contributed by atoms with Crippen molar-refractivity contribution < 1.29 is 14.7 Å². The summed E-state index contributed by atoms with van der Waals surface area (Å²) in [4.78, 5) is 29.3. The Morgan fingerprint density at radius 1 is 1.07 bits per heavy atom. The van der Waals surface area contributed by atoms with E-state index in [9.17, 15) is 14.7 Å². The molecule has 3 rings (SSSR count). The van der Waals surface area contributed by atoms with E-state index in [1.807, 2.05) is 38.1 Å². The maximum Gasteiger partial charge on any atom is 0.295 e. The van der Waals surface area contributed by atoms with Gasteiger partial charge in [-0.05, 0) is 51.7 Å². The number of aliphatic hydroxyl groups is 1. The molecule has 1 aliphatic rings. The third-order valence-electron chi connectivity index (χ3n) is 5.06. The number of aliphatic hydroxyl groups excluding tert-OH is 1. The molecule has 1 atom stereocenters. The van der Waals surface area contributed by atoms with Crippen LogP contribution < -0.4 is 0 Å². The zero-order chi connectivity index (χ0) is 21.1. The lowest BCUT2D eigenvalue weighted by molar-refractivity contribution is -0.139. The second-order valence-electron chi connectivity index (χ2n) is 7.57. The van der Waals surface area contributed by atoms with E-state index in [1.165, 1.54) is 0 Å². The molecule has 6 heteroatoms. The van der Waals surface area contributed by atoms with Gasteiger partial charge in [-0.3, -0.25) is 9.59 Å². The summed E-state index contributed by atoms with van der Waals surface area (Å²) in [5.41, 5.74) is 2.42.